The monoisotopic (exact) mass is 300 g/mol. The standard InChI is InChI=1S/C18H20O4/c1-20-18(19)15-9-11-17(12-10-15)22-14-6-5-13-21-16-7-3-2-4-8-16/h2-4,7-12H,5-6,13-14H2,1H3. The van der Waals surface area contributed by atoms with E-state index in [-0.39, 0.29) is 5.97 Å². The lowest BCUT2D eigenvalue weighted by atomic mass is 10.2. The van der Waals surface area contributed by atoms with Crippen molar-refractivity contribution in [3.05, 3.63) is 60.2 Å². The van der Waals surface area contributed by atoms with Gasteiger partial charge in [0.2, 0.25) is 0 Å². The lowest BCUT2D eigenvalue weighted by Gasteiger charge is -2.08. The highest BCUT2D eigenvalue weighted by molar-refractivity contribution is 5.89. The van der Waals surface area contributed by atoms with Crippen molar-refractivity contribution >= 4 is 5.97 Å². The van der Waals surface area contributed by atoms with Crippen molar-refractivity contribution in [1.82, 2.24) is 0 Å². The number of carbonyl (C=O) groups excluding carboxylic acids is 1. The molecule has 2 aromatic rings. The summed E-state index contributed by atoms with van der Waals surface area (Å²) in [7, 11) is 1.37. The summed E-state index contributed by atoms with van der Waals surface area (Å²) in [6.45, 7) is 1.30. The quantitative estimate of drug-likeness (QED) is 0.550. The molecule has 0 aromatic heterocycles. The number of carbonyl (C=O) groups is 1. The summed E-state index contributed by atoms with van der Waals surface area (Å²) in [5.41, 5.74) is 0.520. The summed E-state index contributed by atoms with van der Waals surface area (Å²) in [5, 5.41) is 0. The van der Waals surface area contributed by atoms with Gasteiger partial charge < -0.3 is 14.2 Å². The van der Waals surface area contributed by atoms with Crippen LogP contribution in [0.1, 0.15) is 23.2 Å². The Morgan fingerprint density at radius 2 is 1.36 bits per heavy atom. The molecule has 0 aliphatic rings. The maximum Gasteiger partial charge on any atom is 0.337 e. The molecule has 0 aliphatic heterocycles. The molecule has 0 aliphatic carbocycles. The van der Waals surface area contributed by atoms with E-state index in [4.69, 9.17) is 9.47 Å². The summed E-state index contributed by atoms with van der Waals surface area (Å²) in [6, 6.07) is 16.7. The molecule has 0 bridgehead atoms. The summed E-state index contributed by atoms with van der Waals surface area (Å²) < 4.78 is 15.9. The molecule has 0 amide bonds. The fraction of sp³-hybridized carbons (Fsp3) is 0.278. The van der Waals surface area contributed by atoms with Gasteiger partial charge in [-0.1, -0.05) is 18.2 Å². The molecular weight excluding hydrogens is 280 g/mol. The predicted molar refractivity (Wildman–Crippen MR) is 84.4 cm³/mol. The van der Waals surface area contributed by atoms with Crippen LogP contribution in [0.2, 0.25) is 0 Å². The van der Waals surface area contributed by atoms with E-state index in [0.29, 0.717) is 18.8 Å². The van der Waals surface area contributed by atoms with Crippen LogP contribution in [-0.4, -0.2) is 26.3 Å². The van der Waals surface area contributed by atoms with Gasteiger partial charge in [0.25, 0.3) is 0 Å². The van der Waals surface area contributed by atoms with Crippen molar-refractivity contribution in [3.63, 3.8) is 0 Å². The normalized spacial score (nSPS) is 10.0. The minimum absolute atomic E-state index is 0.343. The average molecular weight is 300 g/mol. The maximum absolute atomic E-state index is 11.3. The Morgan fingerprint density at radius 3 is 1.91 bits per heavy atom. The number of unbranched alkanes of at least 4 members (excludes halogenated alkanes) is 1. The minimum Gasteiger partial charge on any atom is -0.494 e. The zero-order chi connectivity index (χ0) is 15.6. The summed E-state index contributed by atoms with van der Waals surface area (Å²) in [4.78, 5) is 11.3. The fourth-order valence-electron chi connectivity index (χ4n) is 1.91. The van der Waals surface area contributed by atoms with Crippen molar-refractivity contribution in [2.75, 3.05) is 20.3 Å². The second kappa shape index (κ2) is 8.72. The highest BCUT2D eigenvalue weighted by Gasteiger charge is 2.04. The van der Waals surface area contributed by atoms with Gasteiger partial charge in [-0.25, -0.2) is 4.79 Å². The van der Waals surface area contributed by atoms with Crippen LogP contribution in [0.3, 0.4) is 0 Å². The first-order chi connectivity index (χ1) is 10.8. The highest BCUT2D eigenvalue weighted by atomic mass is 16.5. The first-order valence-corrected chi connectivity index (χ1v) is 7.28. The molecule has 0 saturated carbocycles. The van der Waals surface area contributed by atoms with Gasteiger partial charge in [0.05, 0.1) is 25.9 Å². The van der Waals surface area contributed by atoms with Crippen LogP contribution < -0.4 is 9.47 Å². The van der Waals surface area contributed by atoms with Gasteiger partial charge in [0.1, 0.15) is 11.5 Å². The Bertz CT molecular complexity index is 563. The van der Waals surface area contributed by atoms with Crippen molar-refractivity contribution in [2.24, 2.45) is 0 Å². The Kier molecular flexibility index (Phi) is 6.30. The van der Waals surface area contributed by atoms with E-state index >= 15 is 0 Å². The van der Waals surface area contributed by atoms with Crippen molar-refractivity contribution in [2.45, 2.75) is 12.8 Å². The highest BCUT2D eigenvalue weighted by Crippen LogP contribution is 2.13. The molecule has 0 unspecified atom stereocenters. The molecule has 0 N–H and O–H groups in total. The largest absolute Gasteiger partial charge is 0.494 e. The molecule has 0 saturated heterocycles. The molecule has 22 heavy (non-hydrogen) atoms. The van der Waals surface area contributed by atoms with E-state index < -0.39 is 0 Å². The second-order valence-corrected chi connectivity index (χ2v) is 4.73. The smallest absolute Gasteiger partial charge is 0.337 e. The molecule has 4 nitrogen and oxygen atoms in total. The summed E-state index contributed by atoms with van der Waals surface area (Å²) in [6.07, 6.45) is 1.83. The summed E-state index contributed by atoms with van der Waals surface area (Å²) >= 11 is 0. The predicted octanol–water partition coefficient (Wildman–Crippen LogP) is 3.71. The van der Waals surface area contributed by atoms with Crippen molar-refractivity contribution < 1.29 is 19.0 Å². The van der Waals surface area contributed by atoms with Gasteiger partial charge in [0, 0.05) is 0 Å². The van der Waals surface area contributed by atoms with Crippen molar-refractivity contribution in [3.8, 4) is 11.5 Å². The number of benzene rings is 2. The van der Waals surface area contributed by atoms with E-state index in [0.717, 1.165) is 24.3 Å². The molecule has 0 atom stereocenters. The molecule has 0 heterocycles. The number of hydrogen-bond donors (Lipinski definition) is 0. The minimum atomic E-state index is -0.343. The second-order valence-electron chi connectivity index (χ2n) is 4.73. The van der Waals surface area contributed by atoms with E-state index in [1.165, 1.54) is 7.11 Å². The van der Waals surface area contributed by atoms with E-state index in [1.807, 2.05) is 30.3 Å². The number of hydrogen-bond acceptors (Lipinski definition) is 4. The van der Waals surface area contributed by atoms with Crippen LogP contribution >= 0.6 is 0 Å². The van der Waals surface area contributed by atoms with Crippen LogP contribution in [0.25, 0.3) is 0 Å². The zero-order valence-corrected chi connectivity index (χ0v) is 12.7. The molecule has 116 valence electrons. The van der Waals surface area contributed by atoms with Crippen LogP contribution in [0, 0.1) is 0 Å². The summed E-state index contributed by atoms with van der Waals surface area (Å²) in [5.74, 6) is 1.29. The Balaban J connectivity index is 1.61. The number of para-hydroxylation sites is 1. The van der Waals surface area contributed by atoms with Crippen LogP contribution in [0.5, 0.6) is 11.5 Å². The van der Waals surface area contributed by atoms with Gasteiger partial charge in [0.15, 0.2) is 0 Å². The van der Waals surface area contributed by atoms with Gasteiger partial charge >= 0.3 is 5.97 Å². The third-order valence-electron chi connectivity index (χ3n) is 3.09. The molecular formula is C18H20O4. The zero-order valence-electron chi connectivity index (χ0n) is 12.7. The first-order valence-electron chi connectivity index (χ1n) is 7.28. The SMILES string of the molecule is COC(=O)c1ccc(OCCCCOc2ccccc2)cc1. The van der Waals surface area contributed by atoms with Crippen molar-refractivity contribution in [1.29, 1.82) is 0 Å². The van der Waals surface area contributed by atoms with E-state index in [2.05, 4.69) is 4.74 Å². The van der Waals surface area contributed by atoms with Crippen LogP contribution in [-0.2, 0) is 4.74 Å². The fourth-order valence-corrected chi connectivity index (χ4v) is 1.91. The topological polar surface area (TPSA) is 44.8 Å². The third-order valence-corrected chi connectivity index (χ3v) is 3.09. The Morgan fingerprint density at radius 1 is 0.818 bits per heavy atom. The van der Waals surface area contributed by atoms with Gasteiger partial charge in [-0.3, -0.25) is 0 Å². The number of ether oxygens (including phenoxy) is 3. The van der Waals surface area contributed by atoms with Gasteiger partial charge in [-0.2, -0.15) is 0 Å². The lowest BCUT2D eigenvalue weighted by Crippen LogP contribution is -2.03. The number of methoxy groups -OCH3 is 1. The third kappa shape index (κ3) is 5.13. The molecule has 0 radical (unpaired) electrons. The van der Waals surface area contributed by atoms with E-state index in [9.17, 15) is 4.79 Å². The molecule has 2 rings (SSSR count). The van der Waals surface area contributed by atoms with E-state index in [1.54, 1.807) is 24.3 Å². The maximum atomic E-state index is 11.3. The van der Waals surface area contributed by atoms with Gasteiger partial charge in [-0.05, 0) is 49.2 Å². The molecule has 2 aromatic carbocycles. The molecule has 4 heteroatoms. The van der Waals surface area contributed by atoms with Crippen LogP contribution in [0.4, 0.5) is 0 Å². The lowest BCUT2D eigenvalue weighted by molar-refractivity contribution is 0.0600. The van der Waals surface area contributed by atoms with Gasteiger partial charge in [-0.15, -0.1) is 0 Å². The molecule has 0 spiro atoms. The average Bonchev–Trinajstić information content (AvgIpc) is 2.58. The number of rotatable bonds is 8. The number of esters is 1. The van der Waals surface area contributed by atoms with Crippen LogP contribution in [0.15, 0.2) is 54.6 Å². The Hall–Kier alpha value is -2.49. The Labute approximate surface area is 130 Å². The molecule has 0 fully saturated rings. The first kappa shape index (κ1) is 15.9.